The van der Waals surface area contributed by atoms with Crippen molar-refractivity contribution in [2.75, 3.05) is 39.3 Å². The van der Waals surface area contributed by atoms with Gasteiger partial charge >= 0.3 is 0 Å². The smallest absolute Gasteiger partial charge is 0.227 e. The molecule has 122 valence electrons. The van der Waals surface area contributed by atoms with Crippen molar-refractivity contribution in [1.29, 1.82) is 0 Å². The fourth-order valence-electron chi connectivity index (χ4n) is 3.38. The van der Waals surface area contributed by atoms with E-state index in [0.29, 0.717) is 17.9 Å². The van der Waals surface area contributed by atoms with Gasteiger partial charge in [0.1, 0.15) is 0 Å². The van der Waals surface area contributed by atoms with Crippen LogP contribution in [0.25, 0.3) is 0 Å². The maximum Gasteiger partial charge on any atom is 0.227 e. The van der Waals surface area contributed by atoms with Crippen molar-refractivity contribution < 1.29 is 4.79 Å². The van der Waals surface area contributed by atoms with E-state index < -0.39 is 0 Å². The van der Waals surface area contributed by atoms with Gasteiger partial charge in [0, 0.05) is 19.1 Å². The summed E-state index contributed by atoms with van der Waals surface area (Å²) in [5, 5.41) is 3.21. The molecule has 2 fully saturated rings. The molecule has 1 N–H and O–H groups in total. The van der Waals surface area contributed by atoms with Crippen molar-refractivity contribution in [2.45, 2.75) is 53.0 Å². The van der Waals surface area contributed by atoms with E-state index in [-0.39, 0.29) is 5.41 Å². The van der Waals surface area contributed by atoms with E-state index in [0.717, 1.165) is 39.0 Å². The van der Waals surface area contributed by atoms with Gasteiger partial charge in [0.15, 0.2) is 0 Å². The standard InChI is InChI=1S/C17H33N3O/c1-14(2)12-18-16(21)17(13-19-8-5-9-19)6-10-20(11-7-17)15(3)4/h14-15H,5-13H2,1-4H3,(H,18,21). The van der Waals surface area contributed by atoms with Crippen LogP contribution >= 0.6 is 0 Å². The quantitative estimate of drug-likeness (QED) is 0.813. The summed E-state index contributed by atoms with van der Waals surface area (Å²) in [5.41, 5.74) is -0.152. The second-order valence-electron chi connectivity index (χ2n) is 7.64. The number of carbonyl (C=O) groups excluding carboxylic acids is 1. The molecule has 2 saturated heterocycles. The van der Waals surface area contributed by atoms with Gasteiger partial charge in [0.25, 0.3) is 0 Å². The Bertz CT molecular complexity index is 342. The number of piperidine rings is 1. The first-order valence-electron chi connectivity index (χ1n) is 8.68. The SMILES string of the molecule is CC(C)CNC(=O)C1(CN2CCC2)CCN(C(C)C)CC1. The minimum atomic E-state index is -0.152. The molecule has 0 radical (unpaired) electrons. The third-order valence-electron chi connectivity index (χ3n) is 5.11. The molecule has 1 amide bonds. The Morgan fingerprint density at radius 1 is 1.10 bits per heavy atom. The summed E-state index contributed by atoms with van der Waals surface area (Å²) in [6.07, 6.45) is 3.30. The first kappa shape index (κ1) is 16.8. The van der Waals surface area contributed by atoms with Gasteiger partial charge in [-0.25, -0.2) is 0 Å². The van der Waals surface area contributed by atoms with Crippen LogP contribution in [0.3, 0.4) is 0 Å². The lowest BCUT2D eigenvalue weighted by atomic mass is 9.76. The van der Waals surface area contributed by atoms with E-state index in [1.54, 1.807) is 0 Å². The number of rotatable bonds is 6. The van der Waals surface area contributed by atoms with Gasteiger partial charge in [-0.05, 0) is 65.2 Å². The predicted molar refractivity (Wildman–Crippen MR) is 87.3 cm³/mol. The Kier molecular flexibility index (Phi) is 5.67. The van der Waals surface area contributed by atoms with Crippen LogP contribution in [0.15, 0.2) is 0 Å². The molecule has 0 bridgehead atoms. The zero-order chi connectivity index (χ0) is 15.5. The summed E-state index contributed by atoms with van der Waals surface area (Å²) in [5.74, 6) is 0.817. The average molecular weight is 295 g/mol. The second kappa shape index (κ2) is 7.10. The Balaban J connectivity index is 1.99. The molecule has 0 spiro atoms. The molecule has 2 heterocycles. The third-order valence-corrected chi connectivity index (χ3v) is 5.11. The van der Waals surface area contributed by atoms with E-state index in [4.69, 9.17) is 0 Å². The van der Waals surface area contributed by atoms with E-state index in [1.165, 1.54) is 19.5 Å². The van der Waals surface area contributed by atoms with Gasteiger partial charge in [-0.1, -0.05) is 13.8 Å². The largest absolute Gasteiger partial charge is 0.355 e. The fourth-order valence-corrected chi connectivity index (χ4v) is 3.38. The van der Waals surface area contributed by atoms with E-state index in [1.807, 2.05) is 0 Å². The summed E-state index contributed by atoms with van der Waals surface area (Å²) < 4.78 is 0. The highest BCUT2D eigenvalue weighted by molar-refractivity contribution is 5.83. The van der Waals surface area contributed by atoms with Gasteiger partial charge in [-0.15, -0.1) is 0 Å². The molecule has 0 aliphatic carbocycles. The lowest BCUT2D eigenvalue weighted by molar-refractivity contribution is -0.136. The van der Waals surface area contributed by atoms with Gasteiger partial charge in [0.05, 0.1) is 5.41 Å². The Labute approximate surface area is 130 Å². The van der Waals surface area contributed by atoms with Crippen molar-refractivity contribution in [2.24, 2.45) is 11.3 Å². The lowest BCUT2D eigenvalue weighted by Gasteiger charge is -2.46. The van der Waals surface area contributed by atoms with E-state index in [2.05, 4.69) is 42.8 Å². The van der Waals surface area contributed by atoms with Crippen molar-refractivity contribution in [1.82, 2.24) is 15.1 Å². The summed E-state index contributed by atoms with van der Waals surface area (Å²) in [7, 11) is 0. The van der Waals surface area contributed by atoms with Crippen LogP contribution in [0.4, 0.5) is 0 Å². The Morgan fingerprint density at radius 2 is 1.71 bits per heavy atom. The molecular weight excluding hydrogens is 262 g/mol. The summed E-state index contributed by atoms with van der Waals surface area (Å²) in [4.78, 5) is 17.8. The highest BCUT2D eigenvalue weighted by Gasteiger charge is 2.43. The number of amides is 1. The van der Waals surface area contributed by atoms with Crippen LogP contribution in [0.5, 0.6) is 0 Å². The van der Waals surface area contributed by atoms with Crippen molar-refractivity contribution in [3.63, 3.8) is 0 Å². The zero-order valence-electron chi connectivity index (χ0n) is 14.3. The molecule has 4 nitrogen and oxygen atoms in total. The van der Waals surface area contributed by atoms with Crippen LogP contribution in [0.2, 0.25) is 0 Å². The molecule has 0 atom stereocenters. The number of nitrogens with one attached hydrogen (secondary N) is 1. The summed E-state index contributed by atoms with van der Waals surface area (Å²) in [6, 6.07) is 0.589. The second-order valence-corrected chi connectivity index (χ2v) is 7.64. The number of likely N-dealkylation sites (tertiary alicyclic amines) is 2. The number of hydrogen-bond donors (Lipinski definition) is 1. The van der Waals surface area contributed by atoms with Gasteiger partial charge in [0.2, 0.25) is 5.91 Å². The molecule has 2 rings (SSSR count). The van der Waals surface area contributed by atoms with Crippen LogP contribution < -0.4 is 5.32 Å². The molecule has 4 heteroatoms. The first-order valence-corrected chi connectivity index (χ1v) is 8.68. The lowest BCUT2D eigenvalue weighted by Crippen LogP contribution is -2.57. The average Bonchev–Trinajstić information content (AvgIpc) is 2.40. The molecule has 0 unspecified atom stereocenters. The van der Waals surface area contributed by atoms with E-state index in [9.17, 15) is 4.79 Å². The summed E-state index contributed by atoms with van der Waals surface area (Å²) >= 11 is 0. The minimum Gasteiger partial charge on any atom is -0.355 e. The fraction of sp³-hybridized carbons (Fsp3) is 0.941. The maximum atomic E-state index is 12.8. The molecule has 0 aromatic heterocycles. The van der Waals surface area contributed by atoms with Crippen molar-refractivity contribution in [3.05, 3.63) is 0 Å². The monoisotopic (exact) mass is 295 g/mol. The topological polar surface area (TPSA) is 35.6 Å². The van der Waals surface area contributed by atoms with Crippen molar-refractivity contribution in [3.8, 4) is 0 Å². The third kappa shape index (κ3) is 4.19. The molecular formula is C17H33N3O. The molecule has 2 aliphatic rings. The van der Waals surface area contributed by atoms with Gasteiger partial charge < -0.3 is 15.1 Å². The molecule has 0 aromatic carbocycles. The summed E-state index contributed by atoms with van der Waals surface area (Å²) in [6.45, 7) is 15.0. The Hall–Kier alpha value is -0.610. The first-order chi connectivity index (χ1) is 9.93. The normalized spacial score (nSPS) is 23.3. The highest BCUT2D eigenvalue weighted by atomic mass is 16.2. The zero-order valence-corrected chi connectivity index (χ0v) is 14.3. The maximum absolute atomic E-state index is 12.8. The number of hydrogen-bond acceptors (Lipinski definition) is 3. The van der Waals surface area contributed by atoms with E-state index >= 15 is 0 Å². The van der Waals surface area contributed by atoms with Gasteiger partial charge in [-0.3, -0.25) is 4.79 Å². The van der Waals surface area contributed by atoms with Crippen LogP contribution in [-0.4, -0.2) is 61.0 Å². The highest BCUT2D eigenvalue weighted by Crippen LogP contribution is 2.34. The molecule has 0 aromatic rings. The number of nitrogens with zero attached hydrogens (tertiary/aromatic N) is 2. The van der Waals surface area contributed by atoms with Crippen molar-refractivity contribution >= 4 is 5.91 Å². The van der Waals surface area contributed by atoms with Gasteiger partial charge in [-0.2, -0.15) is 0 Å². The van der Waals surface area contributed by atoms with Crippen LogP contribution in [0.1, 0.15) is 47.0 Å². The van der Waals surface area contributed by atoms with Crippen LogP contribution in [0, 0.1) is 11.3 Å². The van der Waals surface area contributed by atoms with Crippen LogP contribution in [-0.2, 0) is 4.79 Å². The molecule has 0 saturated carbocycles. The number of carbonyl (C=O) groups is 1. The Morgan fingerprint density at radius 3 is 2.14 bits per heavy atom. The molecule has 2 aliphatic heterocycles. The molecule has 21 heavy (non-hydrogen) atoms. The minimum absolute atomic E-state index is 0.152. The predicted octanol–water partition coefficient (Wildman–Crippen LogP) is 1.95.